The Morgan fingerprint density at radius 3 is 2.14 bits per heavy atom. The molecule has 2 rings (SSSR count). The van der Waals surface area contributed by atoms with E-state index in [2.05, 4.69) is 77.2 Å². The summed E-state index contributed by atoms with van der Waals surface area (Å²) in [5.74, 6) is 0. The fourth-order valence-electron chi connectivity index (χ4n) is 3.14. The summed E-state index contributed by atoms with van der Waals surface area (Å²) in [4.78, 5) is 0. The molecule has 0 saturated carbocycles. The molecule has 120 valence electrons. The van der Waals surface area contributed by atoms with Gasteiger partial charge in [0.05, 0.1) is 0 Å². The maximum absolute atomic E-state index is 2.55. The molecule has 0 aliphatic heterocycles. The van der Waals surface area contributed by atoms with E-state index in [1.54, 1.807) is 19.8 Å². The second-order valence-corrected chi connectivity index (χ2v) is 11.0. The molecule has 5 heteroatoms. The first-order valence-corrected chi connectivity index (χ1v) is 10.8. The molecule has 1 aromatic carbocycles. The molecule has 0 fully saturated rings. The Hall–Kier alpha value is 0.501. The van der Waals surface area contributed by atoms with E-state index in [-0.39, 0.29) is 37.2 Å². The molecule has 0 radical (unpaired) electrons. The van der Waals surface area contributed by atoms with E-state index in [9.17, 15) is 0 Å². The molecule has 1 atom stereocenters. The Morgan fingerprint density at radius 2 is 1.64 bits per heavy atom. The van der Waals surface area contributed by atoms with E-state index in [1.807, 2.05) is 0 Å². The van der Waals surface area contributed by atoms with Crippen molar-refractivity contribution in [3.8, 4) is 0 Å². The number of halogens is 3. The van der Waals surface area contributed by atoms with Crippen molar-refractivity contribution in [2.75, 3.05) is 0 Å². The first-order chi connectivity index (χ1) is 9.13. The van der Waals surface area contributed by atoms with Crippen molar-refractivity contribution in [2.24, 2.45) is 0 Å². The summed E-state index contributed by atoms with van der Waals surface area (Å²) in [6, 6.07) is 12.5. The van der Waals surface area contributed by atoms with Crippen molar-refractivity contribution in [3.05, 3.63) is 51.1 Å². The summed E-state index contributed by atoms with van der Waals surface area (Å²) in [7, 11) is -1.52. The first-order valence-electron chi connectivity index (χ1n) is 7.33. The van der Waals surface area contributed by atoms with Crippen LogP contribution in [0.2, 0.25) is 12.6 Å². The third-order valence-electron chi connectivity index (χ3n) is 4.36. The Kier molecular flexibility index (Phi) is 12.5. The molecule has 0 nitrogen and oxygen atoms in total. The van der Waals surface area contributed by atoms with Gasteiger partial charge in [0, 0.05) is 0 Å². The number of rotatable bonds is 5. The van der Waals surface area contributed by atoms with Crippen LogP contribution in [0.3, 0.4) is 0 Å². The van der Waals surface area contributed by atoms with Crippen LogP contribution in [0.5, 0.6) is 0 Å². The second kappa shape index (κ2) is 11.1. The standard InChI is InChI=1S/C17H23Si.3ClH.Ti/c1-4-10-15-11-9-14-17(15)18(3,5-2)16-12-7-6-8-13-16;;;;/h6-8,11-13H,4-5,9-10H2,1-3H3;3*1H;/q;;;;+3/p-3. The minimum Gasteiger partial charge on any atom is -1.00 e. The van der Waals surface area contributed by atoms with Crippen LogP contribution in [0.25, 0.3) is 0 Å². The van der Waals surface area contributed by atoms with Gasteiger partial charge in [-0.1, -0.05) is 0 Å². The van der Waals surface area contributed by atoms with Gasteiger partial charge in [0.25, 0.3) is 0 Å². The number of benzene rings is 1. The van der Waals surface area contributed by atoms with Crippen LogP contribution in [0, 0.1) is 0 Å². The molecule has 0 N–H and O–H groups in total. The topological polar surface area (TPSA) is 0 Å². The third-order valence-corrected chi connectivity index (χ3v) is 10.2. The molecule has 1 unspecified atom stereocenters. The quantitative estimate of drug-likeness (QED) is 0.430. The SMILES string of the molecule is CCCC1=CC[C]([Ti+3])=C1[Si](C)(CC)c1ccccc1.[Cl-].[Cl-].[Cl-]. The number of hydrogen-bond donors (Lipinski definition) is 0. The monoisotopic (exact) mass is 408 g/mol. The summed E-state index contributed by atoms with van der Waals surface area (Å²) >= 11 is 2.35. The van der Waals surface area contributed by atoms with Gasteiger partial charge in [0.2, 0.25) is 0 Å². The molecule has 22 heavy (non-hydrogen) atoms. The van der Waals surface area contributed by atoms with E-state index in [0.717, 1.165) is 0 Å². The Labute approximate surface area is 166 Å². The molecule has 0 amide bonds. The van der Waals surface area contributed by atoms with E-state index in [1.165, 1.54) is 25.3 Å². The molecule has 1 aromatic rings. The van der Waals surface area contributed by atoms with Gasteiger partial charge >= 0.3 is 130 Å². The minimum atomic E-state index is -1.52. The van der Waals surface area contributed by atoms with Crippen LogP contribution in [0.4, 0.5) is 0 Å². The van der Waals surface area contributed by atoms with E-state index in [4.69, 9.17) is 0 Å². The fraction of sp³-hybridized carbons (Fsp3) is 0.412. The maximum Gasteiger partial charge on any atom is -1.00 e. The number of allylic oxidation sites excluding steroid dienone is 4. The van der Waals surface area contributed by atoms with E-state index >= 15 is 0 Å². The van der Waals surface area contributed by atoms with E-state index < -0.39 is 8.07 Å². The van der Waals surface area contributed by atoms with Gasteiger partial charge in [0.15, 0.2) is 0 Å². The molecule has 0 heterocycles. The Morgan fingerprint density at radius 1 is 1.05 bits per heavy atom. The molecule has 0 bridgehead atoms. The van der Waals surface area contributed by atoms with Gasteiger partial charge in [-0.25, -0.2) is 0 Å². The van der Waals surface area contributed by atoms with Gasteiger partial charge in [-0.15, -0.1) is 0 Å². The zero-order valence-electron chi connectivity index (χ0n) is 13.4. The zero-order valence-corrected chi connectivity index (χ0v) is 18.3. The summed E-state index contributed by atoms with van der Waals surface area (Å²) in [6.07, 6.45) is 6.17. The smallest absolute Gasteiger partial charge is 1.00 e. The normalized spacial score (nSPS) is 16.0. The van der Waals surface area contributed by atoms with Crippen LogP contribution in [0.1, 0.15) is 33.1 Å². The van der Waals surface area contributed by atoms with Crippen molar-refractivity contribution in [2.45, 2.75) is 45.7 Å². The van der Waals surface area contributed by atoms with Gasteiger partial charge in [-0.2, -0.15) is 0 Å². The third kappa shape index (κ3) is 5.00. The van der Waals surface area contributed by atoms with Crippen LogP contribution in [-0.4, -0.2) is 8.07 Å². The van der Waals surface area contributed by atoms with Crippen molar-refractivity contribution >= 4 is 13.3 Å². The minimum absolute atomic E-state index is 0. The Bertz CT molecular complexity index is 514. The second-order valence-electron chi connectivity index (χ2n) is 5.59. The van der Waals surface area contributed by atoms with Crippen LogP contribution < -0.4 is 42.4 Å². The zero-order chi connectivity index (χ0) is 13.9. The molecular formula is C17H23Cl3SiTi. The fourth-order valence-corrected chi connectivity index (χ4v) is 8.52. The molecule has 0 spiro atoms. The van der Waals surface area contributed by atoms with Crippen molar-refractivity contribution in [3.63, 3.8) is 0 Å². The van der Waals surface area contributed by atoms with Crippen molar-refractivity contribution in [1.82, 2.24) is 0 Å². The van der Waals surface area contributed by atoms with Crippen LogP contribution >= 0.6 is 0 Å². The largest absolute Gasteiger partial charge is 1.00 e. The average Bonchev–Trinajstić information content (AvgIpc) is 2.81. The van der Waals surface area contributed by atoms with Gasteiger partial charge < -0.3 is 37.2 Å². The average molecular weight is 410 g/mol. The first kappa shape index (κ1) is 24.7. The molecule has 0 aromatic heterocycles. The number of hydrogen-bond acceptors (Lipinski definition) is 0. The predicted molar refractivity (Wildman–Crippen MR) is 82.8 cm³/mol. The van der Waals surface area contributed by atoms with Gasteiger partial charge in [0.1, 0.15) is 0 Å². The predicted octanol–water partition coefficient (Wildman–Crippen LogP) is -4.53. The maximum atomic E-state index is 2.55. The van der Waals surface area contributed by atoms with Gasteiger partial charge in [-0.3, -0.25) is 0 Å². The molecule has 0 saturated heterocycles. The van der Waals surface area contributed by atoms with Crippen molar-refractivity contribution in [1.29, 1.82) is 0 Å². The Balaban J connectivity index is 0. The molecular weight excluding hydrogens is 386 g/mol. The summed E-state index contributed by atoms with van der Waals surface area (Å²) < 4.78 is 1.63. The van der Waals surface area contributed by atoms with Crippen LogP contribution in [0.15, 0.2) is 51.1 Å². The van der Waals surface area contributed by atoms with Crippen molar-refractivity contribution < 1.29 is 57.7 Å². The summed E-state index contributed by atoms with van der Waals surface area (Å²) in [5.41, 5.74) is 1.65. The molecule has 1 aliphatic carbocycles. The molecule has 1 aliphatic rings. The van der Waals surface area contributed by atoms with E-state index in [0.29, 0.717) is 0 Å². The summed E-state index contributed by atoms with van der Waals surface area (Å²) in [5, 5.41) is 3.35. The summed E-state index contributed by atoms with van der Waals surface area (Å²) in [6.45, 7) is 7.22. The van der Waals surface area contributed by atoms with Crippen LogP contribution in [-0.2, 0) is 20.4 Å². The van der Waals surface area contributed by atoms with Gasteiger partial charge in [-0.05, 0) is 0 Å².